The Bertz CT molecular complexity index is 1000. The van der Waals surface area contributed by atoms with Crippen LogP contribution in [0.15, 0.2) is 72.1 Å². The third-order valence-electron chi connectivity index (χ3n) is 5.64. The third kappa shape index (κ3) is 7.82. The summed E-state index contributed by atoms with van der Waals surface area (Å²) >= 11 is 1.63. The van der Waals surface area contributed by atoms with Crippen LogP contribution in [0.1, 0.15) is 46.6 Å². The first-order valence-electron chi connectivity index (χ1n) is 11.9. The van der Waals surface area contributed by atoms with Crippen LogP contribution in [0.2, 0.25) is 0 Å². The maximum absolute atomic E-state index is 13.5. The van der Waals surface area contributed by atoms with E-state index in [2.05, 4.69) is 6.92 Å². The van der Waals surface area contributed by atoms with Crippen LogP contribution in [0.4, 0.5) is 0 Å². The molecule has 0 saturated heterocycles. The number of aryl methyl sites for hydroxylation is 1. The number of hydrogen-bond donors (Lipinski definition) is 0. The van der Waals surface area contributed by atoms with Crippen molar-refractivity contribution in [2.75, 3.05) is 26.3 Å². The quantitative estimate of drug-likeness (QED) is 0.309. The first kappa shape index (κ1) is 25.7. The lowest BCUT2D eigenvalue weighted by Crippen LogP contribution is -2.43. The van der Waals surface area contributed by atoms with Gasteiger partial charge in [0.15, 0.2) is 0 Å². The number of benzene rings is 2. The summed E-state index contributed by atoms with van der Waals surface area (Å²) in [5, 5.41) is 2.02. The zero-order valence-electron chi connectivity index (χ0n) is 20.1. The van der Waals surface area contributed by atoms with E-state index in [4.69, 9.17) is 4.74 Å². The minimum Gasteiger partial charge on any atom is -0.382 e. The molecule has 1 aromatic heterocycles. The van der Waals surface area contributed by atoms with Gasteiger partial charge in [-0.25, -0.2) is 0 Å². The molecule has 3 aromatic rings. The molecule has 180 valence electrons. The van der Waals surface area contributed by atoms with E-state index < -0.39 is 0 Å². The van der Waals surface area contributed by atoms with Gasteiger partial charge in [0, 0.05) is 36.7 Å². The largest absolute Gasteiger partial charge is 0.382 e. The van der Waals surface area contributed by atoms with Crippen molar-refractivity contribution in [3.63, 3.8) is 0 Å². The molecule has 0 atom stereocenters. The Balaban J connectivity index is 1.76. The molecular weight excluding hydrogens is 444 g/mol. The summed E-state index contributed by atoms with van der Waals surface area (Å²) < 4.78 is 5.47. The highest BCUT2D eigenvalue weighted by molar-refractivity contribution is 7.09. The van der Waals surface area contributed by atoms with E-state index in [1.807, 2.05) is 83.9 Å². The van der Waals surface area contributed by atoms with Crippen molar-refractivity contribution < 1.29 is 14.3 Å². The van der Waals surface area contributed by atoms with Crippen LogP contribution in [0.3, 0.4) is 0 Å². The van der Waals surface area contributed by atoms with Crippen molar-refractivity contribution in [1.82, 2.24) is 9.80 Å². The van der Waals surface area contributed by atoms with Gasteiger partial charge in [0.1, 0.15) is 6.54 Å². The van der Waals surface area contributed by atoms with Gasteiger partial charge in [0.2, 0.25) is 5.91 Å². The van der Waals surface area contributed by atoms with E-state index in [9.17, 15) is 9.59 Å². The van der Waals surface area contributed by atoms with Gasteiger partial charge in [-0.3, -0.25) is 9.59 Å². The van der Waals surface area contributed by atoms with Gasteiger partial charge in [-0.05, 0) is 54.5 Å². The number of rotatable bonds is 13. The summed E-state index contributed by atoms with van der Waals surface area (Å²) in [4.78, 5) is 31.5. The minimum absolute atomic E-state index is 0.0404. The molecule has 0 aliphatic heterocycles. The standard InChI is InChI=1S/C28H34N2O3S/c1-3-23-13-15-25(16-14-23)28(32)29(17-9-18-33-4-2)22-27(31)30(21-26-12-8-19-34-26)20-24-10-6-5-7-11-24/h5-8,10-16,19H,3-4,9,17-18,20-22H2,1-2H3. The number of ether oxygens (including phenoxy) is 1. The highest BCUT2D eigenvalue weighted by atomic mass is 32.1. The minimum atomic E-state index is -0.122. The fourth-order valence-corrected chi connectivity index (χ4v) is 4.43. The first-order chi connectivity index (χ1) is 16.6. The maximum Gasteiger partial charge on any atom is 0.254 e. The molecule has 0 spiro atoms. The number of carbonyl (C=O) groups is 2. The van der Waals surface area contributed by atoms with Gasteiger partial charge in [0.25, 0.3) is 5.91 Å². The predicted octanol–water partition coefficient (Wildman–Crippen LogP) is 5.41. The van der Waals surface area contributed by atoms with Crippen LogP contribution in [0.25, 0.3) is 0 Å². The number of nitrogens with zero attached hydrogens (tertiary/aromatic N) is 2. The SMILES string of the molecule is CCOCCCN(CC(=O)N(Cc1ccccc1)Cc1cccs1)C(=O)c1ccc(CC)cc1. The molecule has 0 aliphatic carbocycles. The Kier molecular flexibility index (Phi) is 10.3. The average Bonchev–Trinajstić information content (AvgIpc) is 3.39. The topological polar surface area (TPSA) is 49.9 Å². The Morgan fingerprint density at radius 2 is 1.62 bits per heavy atom. The molecule has 0 saturated carbocycles. The van der Waals surface area contributed by atoms with Gasteiger partial charge in [-0.1, -0.05) is 55.5 Å². The molecule has 0 unspecified atom stereocenters. The van der Waals surface area contributed by atoms with Crippen LogP contribution in [0.5, 0.6) is 0 Å². The molecule has 0 N–H and O–H groups in total. The molecule has 2 aromatic carbocycles. The first-order valence-corrected chi connectivity index (χ1v) is 12.8. The second-order valence-corrected chi connectivity index (χ2v) is 9.17. The lowest BCUT2D eigenvalue weighted by molar-refractivity contribution is -0.133. The second kappa shape index (κ2) is 13.7. The van der Waals surface area contributed by atoms with E-state index in [0.717, 1.165) is 16.9 Å². The zero-order valence-corrected chi connectivity index (χ0v) is 20.9. The predicted molar refractivity (Wildman–Crippen MR) is 138 cm³/mol. The van der Waals surface area contributed by atoms with Crippen molar-refractivity contribution >= 4 is 23.2 Å². The van der Waals surface area contributed by atoms with Crippen molar-refractivity contribution in [3.05, 3.63) is 93.7 Å². The van der Waals surface area contributed by atoms with Gasteiger partial charge in [-0.15, -0.1) is 11.3 Å². The van der Waals surface area contributed by atoms with E-state index in [1.165, 1.54) is 5.56 Å². The van der Waals surface area contributed by atoms with E-state index in [0.29, 0.717) is 44.8 Å². The molecule has 1 heterocycles. The summed E-state index contributed by atoms with van der Waals surface area (Å²) in [7, 11) is 0. The fourth-order valence-electron chi connectivity index (χ4n) is 3.71. The molecule has 0 radical (unpaired) electrons. The monoisotopic (exact) mass is 478 g/mol. The highest BCUT2D eigenvalue weighted by Crippen LogP contribution is 2.16. The van der Waals surface area contributed by atoms with Crippen LogP contribution < -0.4 is 0 Å². The normalized spacial score (nSPS) is 10.8. The van der Waals surface area contributed by atoms with Gasteiger partial charge in [0.05, 0.1) is 6.54 Å². The molecule has 0 bridgehead atoms. The summed E-state index contributed by atoms with van der Waals surface area (Å²) in [5.74, 6) is -0.185. The molecule has 5 nitrogen and oxygen atoms in total. The molecule has 3 rings (SSSR count). The summed E-state index contributed by atoms with van der Waals surface area (Å²) in [6, 6.07) is 21.7. The third-order valence-corrected chi connectivity index (χ3v) is 6.50. The molecule has 0 aliphatic rings. The molecule has 34 heavy (non-hydrogen) atoms. The van der Waals surface area contributed by atoms with Gasteiger partial charge < -0.3 is 14.5 Å². The van der Waals surface area contributed by atoms with Crippen LogP contribution >= 0.6 is 11.3 Å². The summed E-state index contributed by atoms with van der Waals surface area (Å²) in [5.41, 5.74) is 2.85. The van der Waals surface area contributed by atoms with Crippen molar-refractivity contribution in [3.8, 4) is 0 Å². The smallest absolute Gasteiger partial charge is 0.254 e. The van der Waals surface area contributed by atoms with Gasteiger partial charge >= 0.3 is 0 Å². The van der Waals surface area contributed by atoms with Crippen LogP contribution in [-0.2, 0) is 29.0 Å². The lowest BCUT2D eigenvalue weighted by atomic mass is 10.1. The Labute approximate surface area is 207 Å². The summed E-state index contributed by atoms with van der Waals surface area (Å²) in [6.07, 6.45) is 1.60. The Morgan fingerprint density at radius 3 is 2.26 bits per heavy atom. The van der Waals surface area contributed by atoms with Crippen LogP contribution in [-0.4, -0.2) is 47.9 Å². The van der Waals surface area contributed by atoms with Gasteiger partial charge in [-0.2, -0.15) is 0 Å². The van der Waals surface area contributed by atoms with Crippen molar-refractivity contribution in [2.45, 2.75) is 39.8 Å². The lowest BCUT2D eigenvalue weighted by Gasteiger charge is -2.28. The average molecular weight is 479 g/mol. The van der Waals surface area contributed by atoms with E-state index in [1.54, 1.807) is 16.2 Å². The number of hydrogen-bond acceptors (Lipinski definition) is 4. The summed E-state index contributed by atoms with van der Waals surface area (Å²) in [6.45, 7) is 6.78. The van der Waals surface area contributed by atoms with Crippen molar-refractivity contribution in [2.24, 2.45) is 0 Å². The molecule has 6 heteroatoms. The number of carbonyl (C=O) groups excluding carboxylic acids is 2. The van der Waals surface area contributed by atoms with E-state index >= 15 is 0 Å². The molecule has 2 amide bonds. The van der Waals surface area contributed by atoms with E-state index in [-0.39, 0.29) is 18.4 Å². The fraction of sp³-hybridized carbons (Fsp3) is 0.357. The van der Waals surface area contributed by atoms with Crippen LogP contribution in [0, 0.1) is 0 Å². The second-order valence-electron chi connectivity index (χ2n) is 8.14. The number of thiophene rings is 1. The highest BCUT2D eigenvalue weighted by Gasteiger charge is 2.23. The Morgan fingerprint density at radius 1 is 0.853 bits per heavy atom. The molecular formula is C28H34N2O3S. The maximum atomic E-state index is 13.5. The molecule has 0 fully saturated rings. The van der Waals surface area contributed by atoms with Crippen molar-refractivity contribution in [1.29, 1.82) is 0 Å². The Hall–Kier alpha value is -2.96. The number of amides is 2. The zero-order chi connectivity index (χ0) is 24.2.